The van der Waals surface area contributed by atoms with E-state index in [0.717, 1.165) is 5.69 Å². The summed E-state index contributed by atoms with van der Waals surface area (Å²) in [5.41, 5.74) is 0.780. The first-order valence-corrected chi connectivity index (χ1v) is 8.44. The third-order valence-corrected chi connectivity index (χ3v) is 5.44. The first-order valence-electron chi connectivity index (χ1n) is 6.79. The molecular formula is C14H21NO3S. The number of aliphatic hydroxyl groups excluding tert-OH is 1. The van der Waals surface area contributed by atoms with Crippen molar-refractivity contribution in [2.24, 2.45) is 0 Å². The topological polar surface area (TPSA) is 57.6 Å². The van der Waals surface area contributed by atoms with Crippen LogP contribution in [0.4, 0.5) is 5.69 Å². The van der Waals surface area contributed by atoms with Crippen molar-refractivity contribution in [1.82, 2.24) is 0 Å². The number of nitrogens with zero attached hydrogens (tertiary/aromatic N) is 1. The van der Waals surface area contributed by atoms with Gasteiger partial charge in [-0.2, -0.15) is 0 Å². The van der Waals surface area contributed by atoms with Gasteiger partial charge in [-0.3, -0.25) is 0 Å². The lowest BCUT2D eigenvalue weighted by Gasteiger charge is -2.32. The summed E-state index contributed by atoms with van der Waals surface area (Å²) in [7, 11) is -3.21. The minimum atomic E-state index is -3.21. The van der Waals surface area contributed by atoms with E-state index in [1.165, 1.54) is 0 Å². The second kappa shape index (κ2) is 5.92. The van der Waals surface area contributed by atoms with Crippen molar-refractivity contribution >= 4 is 15.5 Å². The highest BCUT2D eigenvalue weighted by Gasteiger charge is 2.23. The van der Waals surface area contributed by atoms with E-state index in [4.69, 9.17) is 0 Å². The monoisotopic (exact) mass is 283 g/mol. The molecule has 5 heteroatoms. The molecule has 1 heterocycles. The Balaban J connectivity index is 2.31. The van der Waals surface area contributed by atoms with Gasteiger partial charge in [-0.1, -0.05) is 19.1 Å². The fraction of sp³-hybridized carbons (Fsp3) is 0.571. The Morgan fingerprint density at radius 3 is 2.53 bits per heavy atom. The van der Waals surface area contributed by atoms with E-state index in [9.17, 15) is 13.5 Å². The number of para-hydroxylation sites is 1. The number of benzene rings is 1. The number of hydrogen-bond donors (Lipinski definition) is 1. The molecule has 1 saturated heterocycles. The molecule has 4 nitrogen and oxygen atoms in total. The molecule has 1 fully saturated rings. The van der Waals surface area contributed by atoms with E-state index in [2.05, 4.69) is 4.90 Å². The number of aliphatic hydroxyl groups is 1. The molecule has 0 aliphatic carbocycles. The Kier molecular flexibility index (Phi) is 4.47. The van der Waals surface area contributed by atoms with Crippen LogP contribution < -0.4 is 4.90 Å². The molecule has 1 N–H and O–H groups in total. The van der Waals surface area contributed by atoms with Crippen molar-refractivity contribution in [2.45, 2.75) is 37.2 Å². The summed E-state index contributed by atoms with van der Waals surface area (Å²) in [6.45, 7) is 3.29. The predicted octanol–water partition coefficient (Wildman–Crippen LogP) is 1.83. The average Bonchev–Trinajstić information content (AvgIpc) is 2.39. The van der Waals surface area contributed by atoms with E-state index >= 15 is 0 Å². The van der Waals surface area contributed by atoms with E-state index in [1.54, 1.807) is 12.1 Å². The van der Waals surface area contributed by atoms with Crippen LogP contribution in [0.5, 0.6) is 0 Å². The molecule has 19 heavy (non-hydrogen) atoms. The van der Waals surface area contributed by atoms with Gasteiger partial charge in [0, 0.05) is 13.1 Å². The molecule has 1 aromatic carbocycles. The molecule has 1 aliphatic heterocycles. The summed E-state index contributed by atoms with van der Waals surface area (Å²) in [5, 5.41) is 9.54. The van der Waals surface area contributed by atoms with Crippen molar-refractivity contribution in [3.63, 3.8) is 0 Å². The minimum absolute atomic E-state index is 0.181. The number of sulfone groups is 1. The van der Waals surface area contributed by atoms with E-state index < -0.39 is 9.84 Å². The highest BCUT2D eigenvalue weighted by atomic mass is 32.2. The maximum absolute atomic E-state index is 12.3. The predicted molar refractivity (Wildman–Crippen MR) is 76.2 cm³/mol. The average molecular weight is 283 g/mol. The van der Waals surface area contributed by atoms with Gasteiger partial charge in [-0.25, -0.2) is 8.42 Å². The smallest absolute Gasteiger partial charge is 0.180 e. The minimum Gasteiger partial charge on any atom is -0.393 e. The quantitative estimate of drug-likeness (QED) is 0.916. The van der Waals surface area contributed by atoms with Gasteiger partial charge < -0.3 is 10.0 Å². The molecule has 0 radical (unpaired) electrons. The summed E-state index contributed by atoms with van der Waals surface area (Å²) >= 11 is 0. The van der Waals surface area contributed by atoms with Crippen LogP contribution in [0.1, 0.15) is 26.2 Å². The van der Waals surface area contributed by atoms with E-state index in [0.29, 0.717) is 37.2 Å². The Bertz CT molecular complexity index is 519. The van der Waals surface area contributed by atoms with Crippen LogP contribution in [-0.2, 0) is 9.84 Å². The Morgan fingerprint density at radius 1 is 1.26 bits per heavy atom. The zero-order valence-electron chi connectivity index (χ0n) is 11.2. The van der Waals surface area contributed by atoms with Crippen molar-refractivity contribution < 1.29 is 13.5 Å². The zero-order valence-corrected chi connectivity index (χ0v) is 12.1. The van der Waals surface area contributed by atoms with Crippen LogP contribution in [0, 0.1) is 0 Å². The molecular weight excluding hydrogens is 262 g/mol. The Labute approximate surface area is 115 Å². The number of piperidine rings is 1. The van der Waals surface area contributed by atoms with Crippen LogP contribution in [0.25, 0.3) is 0 Å². The van der Waals surface area contributed by atoms with Crippen LogP contribution >= 0.6 is 0 Å². The van der Waals surface area contributed by atoms with Crippen molar-refractivity contribution in [3.05, 3.63) is 24.3 Å². The number of anilines is 1. The van der Waals surface area contributed by atoms with Crippen LogP contribution in [-0.4, -0.2) is 38.5 Å². The summed E-state index contributed by atoms with van der Waals surface area (Å²) in [6.07, 6.45) is 1.76. The van der Waals surface area contributed by atoms with Gasteiger partial charge in [-0.05, 0) is 31.4 Å². The molecule has 0 saturated carbocycles. The molecule has 0 aromatic heterocycles. The Hall–Kier alpha value is -1.07. The lowest BCUT2D eigenvalue weighted by atomic mass is 10.1. The number of hydrogen-bond acceptors (Lipinski definition) is 4. The zero-order chi connectivity index (χ0) is 13.9. The third-order valence-electron chi connectivity index (χ3n) is 3.48. The van der Waals surface area contributed by atoms with Crippen molar-refractivity contribution in [1.29, 1.82) is 0 Å². The van der Waals surface area contributed by atoms with Crippen molar-refractivity contribution in [2.75, 3.05) is 23.7 Å². The summed E-state index contributed by atoms with van der Waals surface area (Å²) in [5.74, 6) is 0.181. The van der Waals surface area contributed by atoms with Gasteiger partial charge in [0.05, 0.1) is 22.4 Å². The summed E-state index contributed by atoms with van der Waals surface area (Å²) in [6, 6.07) is 7.18. The van der Waals surface area contributed by atoms with Crippen LogP contribution in [0.3, 0.4) is 0 Å². The van der Waals surface area contributed by atoms with Gasteiger partial charge >= 0.3 is 0 Å². The maximum Gasteiger partial charge on any atom is 0.180 e. The molecule has 2 rings (SSSR count). The summed E-state index contributed by atoms with van der Waals surface area (Å²) in [4.78, 5) is 2.49. The second-order valence-corrected chi connectivity index (χ2v) is 7.08. The van der Waals surface area contributed by atoms with Gasteiger partial charge in [0.2, 0.25) is 0 Å². The molecule has 1 aliphatic rings. The second-order valence-electron chi connectivity index (χ2n) is 5.00. The lowest BCUT2D eigenvalue weighted by Crippen LogP contribution is -2.36. The lowest BCUT2D eigenvalue weighted by molar-refractivity contribution is 0.145. The van der Waals surface area contributed by atoms with E-state index in [1.807, 2.05) is 19.1 Å². The van der Waals surface area contributed by atoms with Gasteiger partial charge in [0.1, 0.15) is 0 Å². The fourth-order valence-corrected chi connectivity index (χ4v) is 4.03. The first-order chi connectivity index (χ1) is 9.04. The maximum atomic E-state index is 12.3. The van der Waals surface area contributed by atoms with Gasteiger partial charge in [-0.15, -0.1) is 0 Å². The highest BCUT2D eigenvalue weighted by Crippen LogP contribution is 2.28. The molecule has 0 atom stereocenters. The Morgan fingerprint density at radius 2 is 1.89 bits per heavy atom. The normalized spacial score (nSPS) is 17.7. The van der Waals surface area contributed by atoms with Gasteiger partial charge in [0.25, 0.3) is 0 Å². The third kappa shape index (κ3) is 3.28. The SMILES string of the molecule is CCCS(=O)(=O)c1ccccc1N1CCC(O)CC1. The molecule has 106 valence electrons. The van der Waals surface area contributed by atoms with Crippen LogP contribution in [0.2, 0.25) is 0 Å². The molecule has 0 amide bonds. The molecule has 0 bridgehead atoms. The molecule has 0 unspecified atom stereocenters. The van der Waals surface area contributed by atoms with E-state index in [-0.39, 0.29) is 11.9 Å². The fourth-order valence-electron chi connectivity index (χ4n) is 2.47. The molecule has 0 spiro atoms. The standard InChI is InChI=1S/C14H21NO3S/c1-2-11-19(17,18)14-6-4-3-5-13(14)15-9-7-12(16)8-10-15/h3-6,12,16H,2,7-11H2,1H3. The highest BCUT2D eigenvalue weighted by molar-refractivity contribution is 7.91. The summed E-state index contributed by atoms with van der Waals surface area (Å²) < 4.78 is 24.6. The first kappa shape index (κ1) is 14.3. The number of rotatable bonds is 4. The largest absolute Gasteiger partial charge is 0.393 e. The van der Waals surface area contributed by atoms with Crippen molar-refractivity contribution in [3.8, 4) is 0 Å². The van der Waals surface area contributed by atoms with Crippen LogP contribution in [0.15, 0.2) is 29.2 Å². The van der Waals surface area contributed by atoms with Gasteiger partial charge in [0.15, 0.2) is 9.84 Å². The molecule has 1 aromatic rings.